The van der Waals surface area contributed by atoms with E-state index in [-0.39, 0.29) is 11.5 Å². The first-order valence-corrected chi connectivity index (χ1v) is 15.1. The molecule has 206 valence electrons. The summed E-state index contributed by atoms with van der Waals surface area (Å²) in [6.07, 6.45) is 27.0. The first-order chi connectivity index (χ1) is 17.8. The highest BCUT2D eigenvalue weighted by molar-refractivity contribution is 5.40. The third-order valence-corrected chi connectivity index (χ3v) is 9.87. The number of fused-ring (bicyclic) bond motifs is 5. The van der Waals surface area contributed by atoms with E-state index in [0.717, 1.165) is 44.9 Å². The number of hydrogen-bond acceptors (Lipinski definition) is 3. The number of unbranched alkanes of at least 4 members (excludes halogenated alkanes) is 7. The minimum Gasteiger partial charge on any atom is -0.508 e. The molecule has 3 N–H and O–H groups in total. The molecule has 2 fully saturated rings. The zero-order valence-electron chi connectivity index (χ0n) is 23.7. The minimum atomic E-state index is -0.919. The lowest BCUT2D eigenvalue weighted by atomic mass is 9.53. The predicted octanol–water partition coefficient (Wildman–Crippen LogP) is 8.07. The van der Waals surface area contributed by atoms with Gasteiger partial charge in [-0.15, -0.1) is 6.42 Å². The summed E-state index contributed by atoms with van der Waals surface area (Å²) in [4.78, 5) is 0. The van der Waals surface area contributed by atoms with Crippen LogP contribution in [0.1, 0.15) is 128 Å². The molecule has 0 aromatic heterocycles. The Morgan fingerprint density at radius 1 is 1.05 bits per heavy atom. The lowest BCUT2D eigenvalue weighted by molar-refractivity contribution is -0.0646. The maximum atomic E-state index is 10.9. The molecule has 0 spiro atoms. The van der Waals surface area contributed by atoms with E-state index in [9.17, 15) is 15.3 Å². The number of aromatic hydroxyl groups is 1. The Morgan fingerprint density at radius 3 is 2.43 bits per heavy atom. The Labute approximate surface area is 226 Å². The molecule has 2 saturated carbocycles. The summed E-state index contributed by atoms with van der Waals surface area (Å²) < 4.78 is 0. The lowest BCUT2D eigenvalue weighted by Crippen LogP contribution is -2.50. The number of benzene rings is 1. The van der Waals surface area contributed by atoms with Crippen molar-refractivity contribution in [3.63, 3.8) is 0 Å². The molecule has 0 saturated heterocycles. The van der Waals surface area contributed by atoms with Gasteiger partial charge in [0.25, 0.3) is 0 Å². The summed E-state index contributed by atoms with van der Waals surface area (Å²) >= 11 is 0. The molecule has 1 aromatic rings. The summed E-state index contributed by atoms with van der Waals surface area (Å²) in [7, 11) is 0. The molecule has 3 heteroatoms. The summed E-state index contributed by atoms with van der Waals surface area (Å²) in [6.45, 7) is 6.42. The van der Waals surface area contributed by atoms with Gasteiger partial charge in [-0.1, -0.05) is 89.4 Å². The molecule has 1 unspecified atom stereocenters. The molecular weight excluding hydrogens is 456 g/mol. The highest BCUT2D eigenvalue weighted by atomic mass is 16.3. The predicted molar refractivity (Wildman–Crippen MR) is 155 cm³/mol. The summed E-state index contributed by atoms with van der Waals surface area (Å²) in [5, 5.41) is 30.1. The molecule has 0 aliphatic heterocycles. The Hall–Kier alpha value is -1.76. The van der Waals surface area contributed by atoms with E-state index in [1.807, 2.05) is 31.2 Å². The van der Waals surface area contributed by atoms with Crippen LogP contribution in [-0.2, 0) is 6.42 Å². The van der Waals surface area contributed by atoms with Crippen molar-refractivity contribution in [1.82, 2.24) is 0 Å². The van der Waals surface area contributed by atoms with E-state index in [0.29, 0.717) is 23.5 Å². The fourth-order valence-corrected chi connectivity index (χ4v) is 7.63. The standard InChI is InChI=1S/C20H24O2.C14H28O/c1-3-20(22)11-9-18-17-6-4-13-12-14(21)5-7-15(13)16(17)8-10-19(18,20)2;1-3-5-6-7-8-9-10-11-13-14(15)12-4-2/h1,5,7,12,16-18,21-22H,4,6,8-11H2,2H3;4,12,14-15H,3,5-11,13H2,1-2H3/b;12-4+/t16-,17-,18+,19+,20+;/m1./s1. The van der Waals surface area contributed by atoms with Gasteiger partial charge in [0.15, 0.2) is 0 Å². The van der Waals surface area contributed by atoms with Gasteiger partial charge in [-0.25, -0.2) is 0 Å². The van der Waals surface area contributed by atoms with Gasteiger partial charge in [0.1, 0.15) is 11.4 Å². The van der Waals surface area contributed by atoms with Gasteiger partial charge in [-0.05, 0) is 92.9 Å². The molecular formula is C34H52O3. The average molecular weight is 509 g/mol. The van der Waals surface area contributed by atoms with Crippen LogP contribution in [-0.4, -0.2) is 27.0 Å². The van der Waals surface area contributed by atoms with Crippen molar-refractivity contribution >= 4 is 0 Å². The van der Waals surface area contributed by atoms with Gasteiger partial charge in [0, 0.05) is 5.41 Å². The SMILES string of the molecule is C#C[C@]1(O)CC[C@H]2[C@@H]3CCc4cc(O)ccc4[C@H]3CC[C@@]21C.C/C=C/C(O)CCCCCCCCCC. The van der Waals surface area contributed by atoms with Crippen LogP contribution in [0.15, 0.2) is 30.4 Å². The Balaban J connectivity index is 0.000000225. The first-order valence-electron chi connectivity index (χ1n) is 15.1. The number of phenols is 1. The van der Waals surface area contributed by atoms with Crippen molar-refractivity contribution in [2.45, 2.75) is 135 Å². The van der Waals surface area contributed by atoms with E-state index in [1.165, 1.54) is 62.5 Å². The van der Waals surface area contributed by atoms with Gasteiger partial charge in [-0.2, -0.15) is 0 Å². The van der Waals surface area contributed by atoms with E-state index >= 15 is 0 Å². The van der Waals surface area contributed by atoms with E-state index in [1.54, 1.807) is 0 Å². The highest BCUT2D eigenvalue weighted by Gasteiger charge is 2.61. The second-order valence-corrected chi connectivity index (χ2v) is 12.2. The van der Waals surface area contributed by atoms with Crippen molar-refractivity contribution in [1.29, 1.82) is 0 Å². The molecule has 6 atom stereocenters. The van der Waals surface area contributed by atoms with Crippen LogP contribution in [0.2, 0.25) is 0 Å². The monoisotopic (exact) mass is 508 g/mol. The molecule has 4 rings (SSSR count). The maximum absolute atomic E-state index is 10.9. The Kier molecular flexibility index (Phi) is 11.2. The number of aliphatic hydroxyl groups excluding tert-OH is 1. The van der Waals surface area contributed by atoms with Crippen molar-refractivity contribution in [2.75, 3.05) is 0 Å². The summed E-state index contributed by atoms with van der Waals surface area (Å²) in [6, 6.07) is 5.87. The molecule has 3 aliphatic carbocycles. The molecule has 0 amide bonds. The quantitative estimate of drug-likeness (QED) is 0.170. The molecule has 0 bridgehead atoms. The Morgan fingerprint density at radius 2 is 1.76 bits per heavy atom. The zero-order chi connectivity index (χ0) is 26.9. The maximum Gasteiger partial charge on any atom is 0.130 e. The van der Waals surface area contributed by atoms with E-state index in [2.05, 4.69) is 25.8 Å². The topological polar surface area (TPSA) is 60.7 Å². The Bertz CT molecular complexity index is 914. The second kappa shape index (κ2) is 13.9. The normalized spacial score (nSPS) is 31.0. The van der Waals surface area contributed by atoms with Gasteiger partial charge in [0.05, 0.1) is 6.10 Å². The lowest BCUT2D eigenvalue weighted by Gasteiger charge is -2.52. The smallest absolute Gasteiger partial charge is 0.130 e. The van der Waals surface area contributed by atoms with Crippen LogP contribution in [0, 0.1) is 29.6 Å². The van der Waals surface area contributed by atoms with Crippen LogP contribution < -0.4 is 0 Å². The highest BCUT2D eigenvalue weighted by Crippen LogP contribution is 2.64. The molecule has 3 nitrogen and oxygen atoms in total. The summed E-state index contributed by atoms with van der Waals surface area (Å²) in [5.41, 5.74) is 1.69. The largest absolute Gasteiger partial charge is 0.508 e. The van der Waals surface area contributed by atoms with Crippen molar-refractivity contribution < 1.29 is 15.3 Å². The number of phenolic OH excluding ortho intramolecular Hbond substituents is 1. The fourth-order valence-electron chi connectivity index (χ4n) is 7.63. The van der Waals surface area contributed by atoms with E-state index in [4.69, 9.17) is 6.42 Å². The number of terminal acetylenes is 1. The van der Waals surface area contributed by atoms with E-state index < -0.39 is 5.60 Å². The second-order valence-electron chi connectivity index (χ2n) is 12.2. The minimum absolute atomic E-state index is 0.128. The van der Waals surface area contributed by atoms with Crippen molar-refractivity contribution in [3.8, 4) is 18.1 Å². The van der Waals surface area contributed by atoms with Gasteiger partial charge < -0.3 is 15.3 Å². The third-order valence-electron chi connectivity index (χ3n) is 9.87. The number of aliphatic hydroxyl groups is 2. The third kappa shape index (κ3) is 7.01. The van der Waals surface area contributed by atoms with Crippen molar-refractivity contribution in [2.24, 2.45) is 17.3 Å². The van der Waals surface area contributed by atoms with Crippen molar-refractivity contribution in [3.05, 3.63) is 41.5 Å². The number of allylic oxidation sites excluding steroid dienone is 1. The van der Waals surface area contributed by atoms with Gasteiger partial charge in [-0.3, -0.25) is 0 Å². The van der Waals surface area contributed by atoms with Crippen LogP contribution in [0.5, 0.6) is 5.75 Å². The molecule has 3 aliphatic rings. The van der Waals surface area contributed by atoms with Crippen LogP contribution in [0.25, 0.3) is 0 Å². The van der Waals surface area contributed by atoms with Crippen LogP contribution >= 0.6 is 0 Å². The molecule has 0 heterocycles. The molecule has 1 aromatic carbocycles. The number of rotatable bonds is 10. The number of aryl methyl sites for hydroxylation is 1. The zero-order valence-corrected chi connectivity index (χ0v) is 23.7. The fraction of sp³-hybridized carbons (Fsp3) is 0.706. The summed E-state index contributed by atoms with van der Waals surface area (Å²) in [5.74, 6) is 4.82. The number of hydrogen-bond donors (Lipinski definition) is 3. The van der Waals surface area contributed by atoms with Gasteiger partial charge in [0.2, 0.25) is 0 Å². The van der Waals surface area contributed by atoms with Crippen LogP contribution in [0.4, 0.5) is 0 Å². The van der Waals surface area contributed by atoms with Gasteiger partial charge >= 0.3 is 0 Å². The average Bonchev–Trinajstić information content (AvgIpc) is 3.17. The molecule has 0 radical (unpaired) electrons. The van der Waals surface area contributed by atoms with Crippen LogP contribution in [0.3, 0.4) is 0 Å². The molecule has 37 heavy (non-hydrogen) atoms. The first kappa shape index (κ1) is 29.8.